The molecule has 0 spiro atoms. The first-order chi connectivity index (χ1) is 10.5. The van der Waals surface area contributed by atoms with Crippen LogP contribution in [0, 0.1) is 11.8 Å². The van der Waals surface area contributed by atoms with Crippen LogP contribution >= 0.6 is 0 Å². The average Bonchev–Trinajstić information content (AvgIpc) is 2.47. The molecule has 0 aliphatic carbocycles. The smallest absolute Gasteiger partial charge is 0.132 e. The molecule has 2 heteroatoms. The highest BCUT2D eigenvalue weighted by atomic mass is 16.1. The molecule has 0 aliphatic heterocycles. The molecule has 2 unspecified atom stereocenters. The van der Waals surface area contributed by atoms with Crippen LogP contribution in [0.15, 0.2) is 0 Å². The summed E-state index contributed by atoms with van der Waals surface area (Å²) >= 11 is 0. The second-order valence-electron chi connectivity index (χ2n) is 7.01. The first-order valence-corrected chi connectivity index (χ1v) is 9.49. The molecule has 0 rings (SSSR count). The summed E-state index contributed by atoms with van der Waals surface area (Å²) in [4.78, 5) is 23.0. The summed E-state index contributed by atoms with van der Waals surface area (Å²) in [5.41, 5.74) is 0. The summed E-state index contributed by atoms with van der Waals surface area (Å²) in [5.74, 6) is 0.817. The van der Waals surface area contributed by atoms with Gasteiger partial charge < -0.3 is 0 Å². The SMILES string of the molecule is CCCCCCCCCCCC(CCC(C)C(C)=O)C(C)=O. The standard InChI is InChI=1S/C20H38O2/c1-5-6-7-8-9-10-11-12-13-14-20(19(4)22)16-15-17(2)18(3)21/h17,20H,5-16H2,1-4H3. The lowest BCUT2D eigenvalue weighted by Crippen LogP contribution is -2.14. The van der Waals surface area contributed by atoms with Crippen LogP contribution in [0.4, 0.5) is 0 Å². The van der Waals surface area contributed by atoms with Crippen LogP contribution in [0.5, 0.6) is 0 Å². The van der Waals surface area contributed by atoms with Gasteiger partial charge in [0.25, 0.3) is 0 Å². The highest BCUT2D eigenvalue weighted by Gasteiger charge is 2.16. The minimum atomic E-state index is 0.102. The maximum Gasteiger partial charge on any atom is 0.132 e. The van der Waals surface area contributed by atoms with Crippen LogP contribution < -0.4 is 0 Å². The van der Waals surface area contributed by atoms with Gasteiger partial charge in [-0.1, -0.05) is 71.6 Å². The van der Waals surface area contributed by atoms with E-state index in [2.05, 4.69) is 6.92 Å². The van der Waals surface area contributed by atoms with Gasteiger partial charge in [0, 0.05) is 11.8 Å². The molecule has 0 saturated heterocycles. The Bertz CT molecular complexity index is 296. The maximum atomic E-state index is 11.7. The Kier molecular flexibility index (Phi) is 13.5. The highest BCUT2D eigenvalue weighted by molar-refractivity contribution is 5.79. The molecule has 0 aromatic carbocycles. The lowest BCUT2D eigenvalue weighted by molar-refractivity contribution is -0.123. The van der Waals surface area contributed by atoms with E-state index in [1.54, 1.807) is 13.8 Å². The lowest BCUT2D eigenvalue weighted by atomic mass is 9.88. The van der Waals surface area contributed by atoms with Crippen molar-refractivity contribution in [3.63, 3.8) is 0 Å². The highest BCUT2D eigenvalue weighted by Crippen LogP contribution is 2.21. The van der Waals surface area contributed by atoms with Gasteiger partial charge in [0.2, 0.25) is 0 Å². The molecule has 0 aromatic heterocycles. The van der Waals surface area contributed by atoms with Gasteiger partial charge in [-0.25, -0.2) is 0 Å². The van der Waals surface area contributed by atoms with Gasteiger partial charge >= 0.3 is 0 Å². The van der Waals surface area contributed by atoms with Crippen molar-refractivity contribution >= 4 is 11.6 Å². The zero-order chi connectivity index (χ0) is 16.8. The molecule has 2 atom stereocenters. The Balaban J connectivity index is 3.66. The van der Waals surface area contributed by atoms with Crippen LogP contribution in [0.3, 0.4) is 0 Å². The van der Waals surface area contributed by atoms with Crippen LogP contribution in [-0.4, -0.2) is 11.6 Å². The topological polar surface area (TPSA) is 34.1 Å². The van der Waals surface area contributed by atoms with E-state index in [0.717, 1.165) is 25.7 Å². The van der Waals surface area contributed by atoms with Gasteiger partial charge in [-0.15, -0.1) is 0 Å². The Hall–Kier alpha value is -0.660. The van der Waals surface area contributed by atoms with E-state index in [9.17, 15) is 9.59 Å². The minimum Gasteiger partial charge on any atom is -0.300 e. The Morgan fingerprint density at radius 3 is 1.64 bits per heavy atom. The van der Waals surface area contributed by atoms with Crippen molar-refractivity contribution in [3.05, 3.63) is 0 Å². The molecular weight excluding hydrogens is 272 g/mol. The van der Waals surface area contributed by atoms with Crippen molar-refractivity contribution in [1.82, 2.24) is 0 Å². The average molecular weight is 311 g/mol. The Morgan fingerprint density at radius 1 is 0.682 bits per heavy atom. The normalized spacial score (nSPS) is 13.8. The summed E-state index contributed by atoms with van der Waals surface area (Å²) in [6.07, 6.45) is 14.6. The monoisotopic (exact) mass is 310 g/mol. The molecule has 22 heavy (non-hydrogen) atoms. The van der Waals surface area contributed by atoms with Crippen LogP contribution in [0.25, 0.3) is 0 Å². The molecule has 2 nitrogen and oxygen atoms in total. The number of ketones is 2. The van der Waals surface area contributed by atoms with Gasteiger partial charge in [0.1, 0.15) is 11.6 Å². The summed E-state index contributed by atoms with van der Waals surface area (Å²) < 4.78 is 0. The van der Waals surface area contributed by atoms with Crippen molar-refractivity contribution < 1.29 is 9.59 Å². The van der Waals surface area contributed by atoms with Crippen molar-refractivity contribution in [2.24, 2.45) is 11.8 Å². The third kappa shape index (κ3) is 11.9. The van der Waals surface area contributed by atoms with E-state index in [4.69, 9.17) is 0 Å². The molecule has 0 bridgehead atoms. The number of hydrogen-bond donors (Lipinski definition) is 0. The van der Waals surface area contributed by atoms with E-state index >= 15 is 0 Å². The summed E-state index contributed by atoms with van der Waals surface area (Å²) in [6, 6.07) is 0. The quantitative estimate of drug-likeness (QED) is 0.341. The number of unbranched alkanes of at least 4 members (excludes halogenated alkanes) is 8. The van der Waals surface area contributed by atoms with E-state index in [0.29, 0.717) is 5.78 Å². The summed E-state index contributed by atoms with van der Waals surface area (Å²) in [7, 11) is 0. The van der Waals surface area contributed by atoms with E-state index in [1.807, 2.05) is 6.92 Å². The predicted octanol–water partition coefficient (Wildman–Crippen LogP) is 6.12. The molecule has 0 amide bonds. The molecule has 0 saturated carbocycles. The van der Waals surface area contributed by atoms with Crippen LogP contribution in [-0.2, 0) is 9.59 Å². The molecule has 0 radical (unpaired) electrons. The van der Waals surface area contributed by atoms with Gasteiger partial charge in [-0.05, 0) is 33.1 Å². The fraction of sp³-hybridized carbons (Fsp3) is 0.900. The number of carbonyl (C=O) groups excluding carboxylic acids is 2. The lowest BCUT2D eigenvalue weighted by Gasteiger charge is -2.15. The first-order valence-electron chi connectivity index (χ1n) is 9.49. The van der Waals surface area contributed by atoms with Crippen LogP contribution in [0.2, 0.25) is 0 Å². The first kappa shape index (κ1) is 21.3. The maximum absolute atomic E-state index is 11.7. The second kappa shape index (κ2) is 14.0. The van der Waals surface area contributed by atoms with Gasteiger partial charge in [-0.3, -0.25) is 9.59 Å². The third-order valence-corrected chi connectivity index (χ3v) is 4.87. The zero-order valence-corrected chi connectivity index (χ0v) is 15.5. The Morgan fingerprint density at radius 2 is 1.18 bits per heavy atom. The number of Topliss-reactive ketones (excluding diaryl/α,β-unsaturated/α-hetero) is 2. The third-order valence-electron chi connectivity index (χ3n) is 4.87. The van der Waals surface area contributed by atoms with E-state index < -0.39 is 0 Å². The molecule has 130 valence electrons. The van der Waals surface area contributed by atoms with Crippen molar-refractivity contribution in [1.29, 1.82) is 0 Å². The largest absolute Gasteiger partial charge is 0.300 e. The van der Waals surface area contributed by atoms with Crippen molar-refractivity contribution in [3.8, 4) is 0 Å². The Labute approximate surface area is 138 Å². The van der Waals surface area contributed by atoms with Crippen molar-refractivity contribution in [2.75, 3.05) is 0 Å². The minimum absolute atomic E-state index is 0.102. The summed E-state index contributed by atoms with van der Waals surface area (Å²) in [6.45, 7) is 7.57. The van der Waals surface area contributed by atoms with Gasteiger partial charge in [-0.2, -0.15) is 0 Å². The molecule has 0 heterocycles. The fourth-order valence-electron chi connectivity index (χ4n) is 2.91. The molecule has 0 N–H and O–H groups in total. The van der Waals surface area contributed by atoms with E-state index in [-0.39, 0.29) is 17.6 Å². The van der Waals surface area contributed by atoms with Crippen molar-refractivity contribution in [2.45, 2.75) is 105 Å². The molecular formula is C20H38O2. The number of carbonyl (C=O) groups is 2. The van der Waals surface area contributed by atoms with Crippen LogP contribution in [0.1, 0.15) is 105 Å². The number of hydrogen-bond acceptors (Lipinski definition) is 2. The second-order valence-corrected chi connectivity index (χ2v) is 7.01. The molecule has 0 aliphatic rings. The molecule has 0 aromatic rings. The number of rotatable bonds is 15. The fourth-order valence-corrected chi connectivity index (χ4v) is 2.91. The zero-order valence-electron chi connectivity index (χ0n) is 15.5. The predicted molar refractivity (Wildman–Crippen MR) is 95.1 cm³/mol. The van der Waals surface area contributed by atoms with Gasteiger partial charge in [0.15, 0.2) is 0 Å². The van der Waals surface area contributed by atoms with Gasteiger partial charge in [0.05, 0.1) is 0 Å². The van der Waals surface area contributed by atoms with E-state index in [1.165, 1.54) is 51.4 Å². The molecule has 0 fully saturated rings. The summed E-state index contributed by atoms with van der Waals surface area (Å²) in [5, 5.41) is 0.